The van der Waals surface area contributed by atoms with Crippen molar-refractivity contribution in [3.8, 4) is 22.8 Å². The number of hydrogen-bond donors (Lipinski definition) is 0. The fourth-order valence-corrected chi connectivity index (χ4v) is 3.10. The zero-order valence-electron chi connectivity index (χ0n) is 16.1. The van der Waals surface area contributed by atoms with Crippen LogP contribution in [0.5, 0.6) is 0 Å². The van der Waals surface area contributed by atoms with Gasteiger partial charge in [0.2, 0.25) is 5.89 Å². The minimum absolute atomic E-state index is 0.0689. The molecular formula is C21H13F5N4O2. The highest BCUT2D eigenvalue weighted by atomic mass is 19.4. The molecule has 0 bridgehead atoms. The van der Waals surface area contributed by atoms with Crippen molar-refractivity contribution in [1.82, 2.24) is 19.7 Å². The molecule has 0 amide bonds. The SMILES string of the molecule is O=c1ccnc(-c2ccccc2C(F)(F)F)n1Cc1ccc(-c2nnc(C(F)F)o2)cc1. The number of alkyl halides is 5. The normalized spacial score (nSPS) is 11.8. The molecule has 0 saturated heterocycles. The first-order valence-electron chi connectivity index (χ1n) is 9.17. The Hall–Kier alpha value is -3.89. The van der Waals surface area contributed by atoms with Gasteiger partial charge in [-0.2, -0.15) is 22.0 Å². The number of nitrogens with zero attached hydrogens (tertiary/aromatic N) is 4. The lowest BCUT2D eigenvalue weighted by atomic mass is 10.1. The van der Waals surface area contributed by atoms with E-state index in [9.17, 15) is 26.7 Å². The van der Waals surface area contributed by atoms with Gasteiger partial charge in [-0.3, -0.25) is 9.36 Å². The summed E-state index contributed by atoms with van der Waals surface area (Å²) >= 11 is 0. The molecule has 2 aromatic heterocycles. The average molecular weight is 448 g/mol. The molecule has 0 atom stereocenters. The summed E-state index contributed by atoms with van der Waals surface area (Å²) in [6.07, 6.45) is -6.37. The van der Waals surface area contributed by atoms with Gasteiger partial charge < -0.3 is 4.42 Å². The van der Waals surface area contributed by atoms with Gasteiger partial charge in [-0.05, 0) is 23.8 Å². The summed E-state index contributed by atoms with van der Waals surface area (Å²) in [5, 5.41) is 6.81. The smallest absolute Gasteiger partial charge is 0.415 e. The van der Waals surface area contributed by atoms with Crippen LogP contribution in [-0.4, -0.2) is 19.7 Å². The van der Waals surface area contributed by atoms with Crippen molar-refractivity contribution in [2.45, 2.75) is 19.1 Å². The van der Waals surface area contributed by atoms with Gasteiger partial charge >= 0.3 is 12.6 Å². The summed E-state index contributed by atoms with van der Waals surface area (Å²) < 4.78 is 71.6. The molecular weight excluding hydrogens is 435 g/mol. The summed E-state index contributed by atoms with van der Waals surface area (Å²) in [5.74, 6) is -1.04. The molecule has 2 heterocycles. The lowest BCUT2D eigenvalue weighted by Gasteiger charge is -2.16. The summed E-state index contributed by atoms with van der Waals surface area (Å²) in [5.41, 5.74) is -0.736. The molecule has 0 fully saturated rings. The molecule has 0 spiro atoms. The van der Waals surface area contributed by atoms with Crippen LogP contribution in [0.25, 0.3) is 22.8 Å². The van der Waals surface area contributed by atoms with Crippen LogP contribution < -0.4 is 5.56 Å². The molecule has 0 unspecified atom stereocenters. The third-order valence-electron chi connectivity index (χ3n) is 4.58. The van der Waals surface area contributed by atoms with Crippen molar-refractivity contribution >= 4 is 0 Å². The maximum Gasteiger partial charge on any atom is 0.417 e. The molecule has 0 aliphatic heterocycles. The molecule has 164 valence electrons. The third kappa shape index (κ3) is 4.27. The monoisotopic (exact) mass is 448 g/mol. The van der Waals surface area contributed by atoms with Crippen molar-refractivity contribution < 1.29 is 26.4 Å². The Bertz CT molecular complexity index is 1300. The van der Waals surface area contributed by atoms with Crippen molar-refractivity contribution in [3.63, 3.8) is 0 Å². The van der Waals surface area contributed by atoms with Crippen LogP contribution in [0.15, 0.2) is 70.0 Å². The van der Waals surface area contributed by atoms with E-state index in [4.69, 9.17) is 4.42 Å². The Balaban J connectivity index is 1.69. The van der Waals surface area contributed by atoms with Crippen molar-refractivity contribution in [2.75, 3.05) is 0 Å². The van der Waals surface area contributed by atoms with Crippen LogP contribution in [0.3, 0.4) is 0 Å². The fraction of sp³-hybridized carbons (Fsp3) is 0.143. The van der Waals surface area contributed by atoms with Crippen molar-refractivity contribution in [1.29, 1.82) is 0 Å². The van der Waals surface area contributed by atoms with Gasteiger partial charge in [0.05, 0.1) is 12.1 Å². The summed E-state index contributed by atoms with van der Waals surface area (Å²) in [6, 6.07) is 12.2. The highest BCUT2D eigenvalue weighted by molar-refractivity contribution is 5.61. The highest BCUT2D eigenvalue weighted by Crippen LogP contribution is 2.36. The molecule has 0 radical (unpaired) electrons. The van der Waals surface area contributed by atoms with Crippen LogP contribution in [0, 0.1) is 0 Å². The molecule has 32 heavy (non-hydrogen) atoms. The predicted octanol–water partition coefficient (Wildman–Crippen LogP) is 4.97. The molecule has 11 heteroatoms. The first-order valence-corrected chi connectivity index (χ1v) is 9.17. The summed E-state index contributed by atoms with van der Waals surface area (Å²) in [6.45, 7) is -0.0689. The van der Waals surface area contributed by atoms with Crippen molar-refractivity contribution in [3.05, 3.63) is 88.2 Å². The number of rotatable bonds is 5. The number of benzene rings is 2. The molecule has 4 rings (SSSR count). The lowest BCUT2D eigenvalue weighted by molar-refractivity contribution is -0.137. The number of halogens is 5. The molecule has 4 aromatic rings. The highest BCUT2D eigenvalue weighted by Gasteiger charge is 2.34. The van der Waals surface area contributed by atoms with Crippen LogP contribution >= 0.6 is 0 Å². The second-order valence-electron chi connectivity index (χ2n) is 6.68. The van der Waals surface area contributed by atoms with Gasteiger partial charge in [-0.1, -0.05) is 30.3 Å². The maximum atomic E-state index is 13.5. The number of hydrogen-bond acceptors (Lipinski definition) is 5. The molecule has 2 aromatic carbocycles. The van der Waals surface area contributed by atoms with E-state index in [0.717, 1.165) is 22.9 Å². The second-order valence-corrected chi connectivity index (χ2v) is 6.68. The zero-order valence-corrected chi connectivity index (χ0v) is 16.1. The minimum Gasteiger partial charge on any atom is -0.415 e. The summed E-state index contributed by atoms with van der Waals surface area (Å²) in [7, 11) is 0. The van der Waals surface area contributed by atoms with Crippen LogP contribution in [0.2, 0.25) is 0 Å². The first kappa shape index (κ1) is 21.3. The Morgan fingerprint density at radius 2 is 1.69 bits per heavy atom. The van der Waals surface area contributed by atoms with Crippen LogP contribution in [0.4, 0.5) is 22.0 Å². The Kier molecular flexibility index (Phi) is 5.56. The second kappa shape index (κ2) is 8.33. The van der Waals surface area contributed by atoms with Crippen LogP contribution in [0.1, 0.15) is 23.4 Å². The topological polar surface area (TPSA) is 73.8 Å². The molecule has 0 N–H and O–H groups in total. The van der Waals surface area contributed by atoms with E-state index < -0.39 is 29.6 Å². The molecule has 6 nitrogen and oxygen atoms in total. The maximum absolute atomic E-state index is 13.5. The van der Waals surface area contributed by atoms with E-state index in [1.165, 1.54) is 30.3 Å². The van der Waals surface area contributed by atoms with Gasteiger partial charge in [-0.15, -0.1) is 10.2 Å². The van der Waals surface area contributed by atoms with Crippen LogP contribution in [-0.2, 0) is 12.7 Å². The van der Waals surface area contributed by atoms with E-state index in [1.807, 2.05) is 0 Å². The molecule has 0 aliphatic carbocycles. The zero-order chi connectivity index (χ0) is 22.9. The third-order valence-corrected chi connectivity index (χ3v) is 4.58. The Morgan fingerprint density at radius 3 is 2.34 bits per heavy atom. The first-order chi connectivity index (χ1) is 15.2. The van der Waals surface area contributed by atoms with Gasteiger partial charge in [0.25, 0.3) is 11.4 Å². The molecule has 0 aliphatic rings. The van der Waals surface area contributed by atoms with E-state index in [0.29, 0.717) is 11.1 Å². The van der Waals surface area contributed by atoms with E-state index >= 15 is 0 Å². The van der Waals surface area contributed by atoms with Gasteiger partial charge in [0.15, 0.2) is 0 Å². The molecule has 0 saturated carbocycles. The summed E-state index contributed by atoms with van der Waals surface area (Å²) in [4.78, 5) is 16.5. The Labute approximate surface area is 177 Å². The standard InChI is InChI=1S/C21H13F5N4O2/c22-17(23)20-29-28-19(32-20)13-7-5-12(6-8-13)11-30-16(31)9-10-27-18(30)14-3-1-2-4-15(14)21(24,25)26/h1-10,17H,11H2. The van der Waals surface area contributed by atoms with Gasteiger partial charge in [0, 0.05) is 23.4 Å². The predicted molar refractivity (Wildman–Crippen MR) is 103 cm³/mol. The number of aromatic nitrogens is 4. The van der Waals surface area contributed by atoms with E-state index in [1.54, 1.807) is 12.1 Å². The lowest BCUT2D eigenvalue weighted by Crippen LogP contribution is -2.23. The van der Waals surface area contributed by atoms with E-state index in [2.05, 4.69) is 15.2 Å². The quantitative estimate of drug-likeness (QED) is 0.404. The van der Waals surface area contributed by atoms with Gasteiger partial charge in [0.1, 0.15) is 5.82 Å². The fourth-order valence-electron chi connectivity index (χ4n) is 3.10. The van der Waals surface area contributed by atoms with Crippen molar-refractivity contribution in [2.24, 2.45) is 0 Å². The Morgan fingerprint density at radius 1 is 0.969 bits per heavy atom. The largest absolute Gasteiger partial charge is 0.417 e. The minimum atomic E-state index is -4.63. The average Bonchev–Trinajstić information content (AvgIpc) is 3.26. The van der Waals surface area contributed by atoms with E-state index in [-0.39, 0.29) is 23.8 Å². The van der Waals surface area contributed by atoms with Gasteiger partial charge in [-0.25, -0.2) is 4.98 Å².